The molecule has 4 nitrogen and oxygen atoms in total. The number of benzene rings is 2. The molecule has 0 spiro atoms. The summed E-state index contributed by atoms with van der Waals surface area (Å²) in [4.78, 5) is 0. The van der Waals surface area contributed by atoms with Crippen molar-refractivity contribution in [1.29, 1.82) is 0 Å². The third-order valence-corrected chi connectivity index (χ3v) is 2.59. The fraction of sp³-hybridized carbons (Fsp3) is 0. The van der Waals surface area contributed by atoms with Crippen molar-refractivity contribution in [2.75, 3.05) is 0 Å². The monoisotopic (exact) mass is 235 g/mol. The molecule has 0 fully saturated rings. The smallest absolute Gasteiger partial charge is 0.135 e. The third-order valence-electron chi connectivity index (χ3n) is 2.59. The highest BCUT2D eigenvalue weighted by Crippen LogP contribution is 2.11. The zero-order valence-corrected chi connectivity index (χ0v) is 9.62. The topological polar surface area (TPSA) is 50.9 Å². The molecule has 0 atom stereocenters. The van der Waals surface area contributed by atoms with Crippen LogP contribution in [0.1, 0.15) is 11.1 Å². The maximum atomic E-state index is 4.23. The molecule has 0 aliphatic carbocycles. The lowest BCUT2D eigenvalue weighted by atomic mass is 10.2. The van der Waals surface area contributed by atoms with Crippen LogP contribution in [0.15, 0.2) is 70.9 Å². The minimum atomic E-state index is 0.593. The van der Waals surface area contributed by atoms with Crippen LogP contribution in [0.4, 0.5) is 0 Å². The Morgan fingerprint density at radius 1 is 0.722 bits per heavy atom. The van der Waals surface area contributed by atoms with Crippen LogP contribution in [0.2, 0.25) is 0 Å². The fourth-order valence-corrected chi connectivity index (χ4v) is 1.68. The number of nitrogens with one attached hydrogen (secondary N) is 1. The zero-order valence-electron chi connectivity index (χ0n) is 9.62. The molecule has 3 rings (SSSR count). The Kier molecular flexibility index (Phi) is 2.75. The molecule has 18 heavy (non-hydrogen) atoms. The van der Waals surface area contributed by atoms with Crippen LogP contribution >= 0.6 is 0 Å². The summed E-state index contributed by atoms with van der Waals surface area (Å²) in [5, 5.41) is 8.29. The van der Waals surface area contributed by atoms with Crippen molar-refractivity contribution in [2.24, 2.45) is 10.2 Å². The molecule has 2 aromatic rings. The molecule has 0 saturated heterocycles. The van der Waals surface area contributed by atoms with Gasteiger partial charge in [0.15, 0.2) is 0 Å². The lowest BCUT2D eigenvalue weighted by Gasteiger charge is -2.25. The molecule has 4 heteroatoms. The normalized spacial score (nSPS) is 14.0. The van der Waals surface area contributed by atoms with Gasteiger partial charge in [-0.25, -0.2) is 5.10 Å². The minimum absolute atomic E-state index is 0.593. The van der Waals surface area contributed by atoms with Gasteiger partial charge >= 0.3 is 0 Å². The van der Waals surface area contributed by atoms with E-state index < -0.39 is 0 Å². The van der Waals surface area contributed by atoms with Gasteiger partial charge in [-0.2, -0.15) is 0 Å². The first-order valence-corrected chi connectivity index (χ1v) is 5.67. The first kappa shape index (κ1) is 10.5. The van der Waals surface area contributed by atoms with Gasteiger partial charge in [0.05, 0.1) is 0 Å². The summed E-state index contributed by atoms with van der Waals surface area (Å²) < 4.78 is 0. The highest BCUT2D eigenvalue weighted by molar-refractivity contribution is 6.13. The van der Waals surface area contributed by atoms with E-state index in [2.05, 4.69) is 21.1 Å². The maximum Gasteiger partial charge on any atom is 0.135 e. The van der Waals surface area contributed by atoms with Gasteiger partial charge in [0.2, 0.25) is 0 Å². The molecular formula is C14H11N4-. The molecule has 2 aromatic carbocycles. The van der Waals surface area contributed by atoms with E-state index in [-0.39, 0.29) is 0 Å². The van der Waals surface area contributed by atoms with Crippen LogP contribution < -0.4 is 5.43 Å². The highest BCUT2D eigenvalue weighted by atomic mass is 15.5. The fourth-order valence-electron chi connectivity index (χ4n) is 1.68. The quantitative estimate of drug-likeness (QED) is 0.854. The standard InChI is InChI=1S/C14H11N4/c1-3-7-11(8-4-1)13-15-17-14(18-16-13)12-9-5-2-6-10-12/h1-10H,(H-,15,16,17,18)/q-1. The summed E-state index contributed by atoms with van der Waals surface area (Å²) >= 11 is 0. The van der Waals surface area contributed by atoms with Crippen LogP contribution in [0.5, 0.6) is 0 Å². The van der Waals surface area contributed by atoms with Crippen LogP contribution in [-0.2, 0) is 0 Å². The second kappa shape index (κ2) is 4.71. The van der Waals surface area contributed by atoms with Gasteiger partial charge in [0.1, 0.15) is 5.84 Å². The number of hydrogen-bond donors (Lipinski definition) is 1. The number of nitrogens with zero attached hydrogens (tertiary/aromatic N) is 3. The summed E-state index contributed by atoms with van der Waals surface area (Å²) in [5.74, 6) is 1.26. The summed E-state index contributed by atoms with van der Waals surface area (Å²) in [6.45, 7) is 0. The Morgan fingerprint density at radius 2 is 1.33 bits per heavy atom. The summed E-state index contributed by atoms with van der Waals surface area (Å²) in [6, 6.07) is 19.6. The Hall–Kier alpha value is -2.62. The van der Waals surface area contributed by atoms with Crippen LogP contribution in [0, 0.1) is 0 Å². The molecule has 88 valence electrons. The van der Waals surface area contributed by atoms with E-state index in [4.69, 9.17) is 0 Å². The van der Waals surface area contributed by atoms with Crippen molar-refractivity contribution in [3.63, 3.8) is 0 Å². The molecule has 1 N–H and O–H groups in total. The first-order valence-electron chi connectivity index (χ1n) is 5.67. The van der Waals surface area contributed by atoms with E-state index >= 15 is 0 Å². The Labute approximate surface area is 105 Å². The van der Waals surface area contributed by atoms with Crippen LogP contribution in [-0.4, -0.2) is 11.7 Å². The molecule has 0 aromatic heterocycles. The Balaban J connectivity index is 1.88. The van der Waals surface area contributed by atoms with Crippen molar-refractivity contribution in [1.82, 2.24) is 5.43 Å². The third kappa shape index (κ3) is 2.08. The summed E-state index contributed by atoms with van der Waals surface area (Å²) in [7, 11) is 0. The molecule has 1 aliphatic rings. The Bertz CT molecular complexity index is 532. The van der Waals surface area contributed by atoms with Gasteiger partial charge in [-0.15, -0.1) is 0 Å². The van der Waals surface area contributed by atoms with Gasteiger partial charge < -0.3 is 16.0 Å². The first-order chi connectivity index (χ1) is 8.93. The number of amidine groups is 2. The van der Waals surface area contributed by atoms with Crippen LogP contribution in [0.25, 0.3) is 5.43 Å². The van der Waals surface area contributed by atoms with Crippen molar-refractivity contribution in [2.45, 2.75) is 0 Å². The van der Waals surface area contributed by atoms with E-state index in [1.807, 2.05) is 60.7 Å². The van der Waals surface area contributed by atoms with Gasteiger partial charge in [-0.05, 0) is 11.4 Å². The lowest BCUT2D eigenvalue weighted by Crippen LogP contribution is -2.26. The SMILES string of the molecule is c1ccc(C2=NN=C(c3ccccc3)N[N-]2)cc1. The second-order valence-corrected chi connectivity index (χ2v) is 3.83. The van der Waals surface area contributed by atoms with Gasteiger partial charge in [0.25, 0.3) is 0 Å². The molecule has 0 saturated carbocycles. The number of rotatable bonds is 2. The molecular weight excluding hydrogens is 224 g/mol. The van der Waals surface area contributed by atoms with Crippen molar-refractivity contribution >= 4 is 11.7 Å². The molecule has 1 aliphatic heterocycles. The Morgan fingerprint density at radius 3 is 1.89 bits per heavy atom. The van der Waals surface area contributed by atoms with E-state index in [9.17, 15) is 0 Å². The largest absolute Gasteiger partial charge is 0.374 e. The molecule has 0 bridgehead atoms. The lowest BCUT2D eigenvalue weighted by molar-refractivity contribution is 1.09. The van der Waals surface area contributed by atoms with E-state index in [1.165, 1.54) is 0 Å². The van der Waals surface area contributed by atoms with E-state index in [1.54, 1.807) is 0 Å². The molecule has 0 amide bonds. The number of hydrogen-bond acceptors (Lipinski definition) is 3. The van der Waals surface area contributed by atoms with Crippen LogP contribution in [0.3, 0.4) is 0 Å². The second-order valence-electron chi connectivity index (χ2n) is 3.83. The average Bonchev–Trinajstić information content (AvgIpc) is 2.49. The van der Waals surface area contributed by atoms with E-state index in [0.717, 1.165) is 11.1 Å². The van der Waals surface area contributed by atoms with Gasteiger partial charge in [-0.1, -0.05) is 60.7 Å². The van der Waals surface area contributed by atoms with Gasteiger partial charge in [-0.3, -0.25) is 0 Å². The van der Waals surface area contributed by atoms with E-state index in [0.29, 0.717) is 11.7 Å². The maximum absolute atomic E-state index is 4.23. The highest BCUT2D eigenvalue weighted by Gasteiger charge is 2.03. The minimum Gasteiger partial charge on any atom is -0.374 e. The predicted octanol–water partition coefficient (Wildman–Crippen LogP) is 2.69. The molecule has 0 unspecified atom stereocenters. The zero-order chi connectivity index (χ0) is 12.2. The molecule has 1 heterocycles. The van der Waals surface area contributed by atoms with Gasteiger partial charge in [0, 0.05) is 5.56 Å². The van der Waals surface area contributed by atoms with Crippen molar-refractivity contribution in [3.8, 4) is 0 Å². The predicted molar refractivity (Wildman–Crippen MR) is 72.5 cm³/mol. The average molecular weight is 235 g/mol. The molecule has 0 radical (unpaired) electrons. The van der Waals surface area contributed by atoms with Crippen molar-refractivity contribution in [3.05, 3.63) is 77.2 Å². The summed E-state index contributed by atoms with van der Waals surface area (Å²) in [6.07, 6.45) is 0. The van der Waals surface area contributed by atoms with Crippen molar-refractivity contribution < 1.29 is 0 Å². The summed E-state index contributed by atoms with van der Waals surface area (Å²) in [5.41, 5.74) is 9.07.